The molecule has 0 bridgehead atoms. The fourth-order valence-electron chi connectivity index (χ4n) is 3.47. The third-order valence-electron chi connectivity index (χ3n) is 5.41. The summed E-state index contributed by atoms with van der Waals surface area (Å²) < 4.78 is 42.5. The van der Waals surface area contributed by atoms with Crippen LogP contribution in [0.3, 0.4) is 0 Å². The highest BCUT2D eigenvalue weighted by Crippen LogP contribution is 2.27. The molecule has 1 N–H and O–H groups in total. The van der Waals surface area contributed by atoms with Crippen LogP contribution < -0.4 is 9.62 Å². The number of carbonyl (C=O) groups excluding carboxylic acids is 2. The van der Waals surface area contributed by atoms with Crippen molar-refractivity contribution < 1.29 is 22.4 Å². The highest BCUT2D eigenvalue weighted by Gasteiger charge is 2.33. The third kappa shape index (κ3) is 6.17. The van der Waals surface area contributed by atoms with Crippen LogP contribution in [0.4, 0.5) is 10.1 Å². The number of amides is 2. The van der Waals surface area contributed by atoms with Crippen molar-refractivity contribution in [2.24, 2.45) is 0 Å². The first-order chi connectivity index (χ1) is 16.6. The molecule has 0 spiro atoms. The van der Waals surface area contributed by atoms with Gasteiger partial charge in [-0.2, -0.15) is 0 Å². The molecule has 0 aliphatic carbocycles. The summed E-state index contributed by atoms with van der Waals surface area (Å²) in [5.41, 5.74) is 0.408. The van der Waals surface area contributed by atoms with Gasteiger partial charge in [-0.3, -0.25) is 13.9 Å². The van der Waals surface area contributed by atoms with Crippen LogP contribution in [-0.4, -0.2) is 44.8 Å². The maximum absolute atomic E-state index is 14.8. The SMILES string of the molecule is CNC(=O)[C@@H](C)N(Cc1ccc(Cl)cc1)C(=O)CN(c1ccccc1F)S(=O)(=O)c1ccccc1. The van der Waals surface area contributed by atoms with Crippen molar-refractivity contribution in [1.29, 1.82) is 0 Å². The quantitative estimate of drug-likeness (QED) is 0.467. The van der Waals surface area contributed by atoms with Crippen LogP contribution in [0.2, 0.25) is 5.02 Å². The Hall–Kier alpha value is -3.43. The minimum atomic E-state index is -4.31. The molecule has 0 aromatic heterocycles. The number of hydrogen-bond donors (Lipinski definition) is 1. The summed E-state index contributed by atoms with van der Waals surface area (Å²) in [5.74, 6) is -1.92. The van der Waals surface area contributed by atoms with E-state index in [4.69, 9.17) is 11.6 Å². The minimum absolute atomic E-state index is 0.0150. The van der Waals surface area contributed by atoms with Crippen molar-refractivity contribution in [3.63, 3.8) is 0 Å². The highest BCUT2D eigenvalue weighted by molar-refractivity contribution is 7.92. The average molecular weight is 518 g/mol. The molecule has 1 atom stereocenters. The molecule has 0 aliphatic heterocycles. The summed E-state index contributed by atoms with van der Waals surface area (Å²) in [5, 5.41) is 3.00. The highest BCUT2D eigenvalue weighted by atomic mass is 35.5. The van der Waals surface area contributed by atoms with Crippen LogP contribution in [-0.2, 0) is 26.2 Å². The monoisotopic (exact) mass is 517 g/mol. The molecular weight excluding hydrogens is 493 g/mol. The number of rotatable bonds is 9. The Labute approximate surface area is 209 Å². The van der Waals surface area contributed by atoms with Crippen molar-refractivity contribution >= 4 is 39.1 Å². The molecule has 184 valence electrons. The minimum Gasteiger partial charge on any atom is -0.357 e. The number of carbonyl (C=O) groups is 2. The maximum atomic E-state index is 14.8. The second-order valence-corrected chi connectivity index (χ2v) is 10.0. The zero-order chi connectivity index (χ0) is 25.6. The summed E-state index contributed by atoms with van der Waals surface area (Å²) >= 11 is 5.95. The average Bonchev–Trinajstić information content (AvgIpc) is 2.86. The fourth-order valence-corrected chi connectivity index (χ4v) is 5.03. The topological polar surface area (TPSA) is 86.8 Å². The van der Waals surface area contributed by atoms with Gasteiger partial charge in [0.05, 0.1) is 10.6 Å². The molecule has 0 heterocycles. The summed E-state index contributed by atoms with van der Waals surface area (Å²) in [7, 11) is -2.87. The number of halogens is 2. The van der Waals surface area contributed by atoms with Gasteiger partial charge in [-0.25, -0.2) is 12.8 Å². The number of anilines is 1. The standard InChI is InChI=1S/C25H25ClFN3O4S/c1-18(25(32)28-2)29(16-19-12-14-20(26)15-13-19)24(31)17-30(23-11-7-6-10-22(23)27)35(33,34)21-8-4-3-5-9-21/h3-15,18H,16-17H2,1-2H3,(H,28,32)/t18-/m1/s1. The molecule has 2 amide bonds. The van der Waals surface area contributed by atoms with Crippen LogP contribution in [0.5, 0.6) is 0 Å². The number of nitrogens with one attached hydrogen (secondary N) is 1. The van der Waals surface area contributed by atoms with Crippen LogP contribution in [0, 0.1) is 5.82 Å². The van der Waals surface area contributed by atoms with Crippen molar-refractivity contribution in [3.8, 4) is 0 Å². The lowest BCUT2D eigenvalue weighted by atomic mass is 10.1. The molecule has 35 heavy (non-hydrogen) atoms. The van der Waals surface area contributed by atoms with Gasteiger partial charge in [0.2, 0.25) is 11.8 Å². The molecule has 10 heteroatoms. The molecule has 3 aromatic carbocycles. The molecule has 0 fully saturated rings. The number of hydrogen-bond acceptors (Lipinski definition) is 4. The molecular formula is C25H25ClFN3O4S. The van der Waals surface area contributed by atoms with Gasteiger partial charge < -0.3 is 10.2 Å². The van der Waals surface area contributed by atoms with Crippen LogP contribution in [0.15, 0.2) is 83.8 Å². The van der Waals surface area contributed by atoms with Gasteiger partial charge in [-0.05, 0) is 48.9 Å². The second kappa shape index (κ2) is 11.3. The van der Waals surface area contributed by atoms with Gasteiger partial charge in [-0.1, -0.05) is 54.1 Å². The predicted octanol–water partition coefficient (Wildman–Crippen LogP) is 3.84. The van der Waals surface area contributed by atoms with Gasteiger partial charge in [0.15, 0.2) is 0 Å². The lowest BCUT2D eigenvalue weighted by Gasteiger charge is -2.31. The Morgan fingerprint density at radius 3 is 2.17 bits per heavy atom. The largest absolute Gasteiger partial charge is 0.357 e. The number of para-hydroxylation sites is 1. The predicted molar refractivity (Wildman–Crippen MR) is 133 cm³/mol. The Morgan fingerprint density at radius 2 is 1.57 bits per heavy atom. The first-order valence-corrected chi connectivity index (χ1v) is 12.5. The van der Waals surface area contributed by atoms with E-state index in [1.54, 1.807) is 30.3 Å². The normalized spacial score (nSPS) is 12.0. The van der Waals surface area contributed by atoms with E-state index < -0.39 is 40.2 Å². The van der Waals surface area contributed by atoms with E-state index in [-0.39, 0.29) is 17.1 Å². The van der Waals surface area contributed by atoms with Gasteiger partial charge in [0, 0.05) is 18.6 Å². The van der Waals surface area contributed by atoms with E-state index in [1.807, 2.05) is 0 Å². The summed E-state index contributed by atoms with van der Waals surface area (Å²) in [6.45, 7) is 0.833. The lowest BCUT2D eigenvalue weighted by molar-refractivity contribution is -0.139. The van der Waals surface area contributed by atoms with Gasteiger partial charge >= 0.3 is 0 Å². The maximum Gasteiger partial charge on any atom is 0.264 e. The van der Waals surface area contributed by atoms with Crippen molar-refractivity contribution in [3.05, 3.63) is 95.3 Å². The molecule has 3 aromatic rings. The van der Waals surface area contributed by atoms with Crippen LogP contribution in [0.1, 0.15) is 12.5 Å². The molecule has 3 rings (SSSR count). The van der Waals surface area contributed by atoms with Gasteiger partial charge in [0.25, 0.3) is 10.0 Å². The zero-order valence-corrected chi connectivity index (χ0v) is 20.8. The smallest absolute Gasteiger partial charge is 0.264 e. The number of benzene rings is 3. The Bertz CT molecular complexity index is 1290. The van der Waals surface area contributed by atoms with E-state index in [0.717, 1.165) is 10.4 Å². The van der Waals surface area contributed by atoms with E-state index >= 15 is 0 Å². The van der Waals surface area contributed by atoms with E-state index in [0.29, 0.717) is 10.6 Å². The summed E-state index contributed by atoms with van der Waals surface area (Å²) in [4.78, 5) is 27.1. The second-order valence-electron chi connectivity index (χ2n) is 7.71. The number of likely N-dealkylation sites (N-methyl/N-ethyl adjacent to an activating group) is 1. The van der Waals surface area contributed by atoms with E-state index in [9.17, 15) is 22.4 Å². The van der Waals surface area contributed by atoms with Crippen molar-refractivity contribution in [1.82, 2.24) is 10.2 Å². The van der Waals surface area contributed by atoms with Crippen molar-refractivity contribution in [2.75, 3.05) is 17.9 Å². The lowest BCUT2D eigenvalue weighted by Crippen LogP contribution is -2.50. The van der Waals surface area contributed by atoms with E-state index in [1.165, 1.54) is 61.3 Å². The zero-order valence-electron chi connectivity index (χ0n) is 19.2. The molecule has 0 saturated carbocycles. The molecule has 0 unspecified atom stereocenters. The Morgan fingerprint density at radius 1 is 0.971 bits per heavy atom. The Kier molecular flexibility index (Phi) is 8.48. The summed E-state index contributed by atoms with van der Waals surface area (Å²) in [6, 6.07) is 18.5. The molecule has 0 radical (unpaired) electrons. The molecule has 7 nitrogen and oxygen atoms in total. The fraction of sp³-hybridized carbons (Fsp3) is 0.200. The first kappa shape index (κ1) is 26.2. The van der Waals surface area contributed by atoms with Gasteiger partial charge in [0.1, 0.15) is 18.4 Å². The van der Waals surface area contributed by atoms with Crippen LogP contribution >= 0.6 is 11.6 Å². The van der Waals surface area contributed by atoms with E-state index in [2.05, 4.69) is 5.32 Å². The first-order valence-electron chi connectivity index (χ1n) is 10.7. The van der Waals surface area contributed by atoms with Crippen molar-refractivity contribution in [2.45, 2.75) is 24.4 Å². The summed E-state index contributed by atoms with van der Waals surface area (Å²) in [6.07, 6.45) is 0. The molecule has 0 aliphatic rings. The van der Waals surface area contributed by atoms with Crippen LogP contribution in [0.25, 0.3) is 0 Å². The third-order valence-corrected chi connectivity index (χ3v) is 7.44. The molecule has 0 saturated heterocycles. The Balaban J connectivity index is 2.03. The number of sulfonamides is 1. The number of nitrogens with zero attached hydrogens (tertiary/aromatic N) is 2. The van der Waals surface area contributed by atoms with Gasteiger partial charge in [-0.15, -0.1) is 0 Å².